The zero-order chi connectivity index (χ0) is 105. The molecule has 782 valence electrons. The van der Waals surface area contributed by atoms with Crippen LogP contribution in [0.15, 0.2) is 116 Å². The Bertz CT molecular complexity index is 5220. The van der Waals surface area contributed by atoms with Crippen molar-refractivity contribution in [3.05, 3.63) is 134 Å². The van der Waals surface area contributed by atoms with Gasteiger partial charge in [-0.2, -0.15) is 0 Å². The van der Waals surface area contributed by atoms with Crippen LogP contribution in [0.1, 0.15) is 415 Å². The lowest BCUT2D eigenvalue weighted by Gasteiger charge is -2.61. The molecule has 0 aromatic carbocycles. The lowest BCUT2D eigenvalue weighted by atomic mass is 9.43. The van der Waals surface area contributed by atoms with Crippen molar-refractivity contribution in [3.8, 4) is 0 Å². The number of Topliss-reactive ketones (excluding diaryl/α,β-unsaturated/α-hetero) is 8. The molecule has 0 saturated heterocycles. The number of aliphatic hydroxyl groups excluding tert-OH is 7. The summed E-state index contributed by atoms with van der Waals surface area (Å²) < 4.78 is 5.63. The summed E-state index contributed by atoms with van der Waals surface area (Å²) in [6, 6.07) is -0.529. The van der Waals surface area contributed by atoms with E-state index in [1.165, 1.54) is 50.7 Å². The van der Waals surface area contributed by atoms with E-state index in [9.17, 15) is 78.9 Å². The van der Waals surface area contributed by atoms with Gasteiger partial charge in [-0.05, 0) is 264 Å². The highest BCUT2D eigenvalue weighted by Gasteiger charge is 2.67. The minimum absolute atomic E-state index is 0.00338. The van der Waals surface area contributed by atoms with E-state index in [2.05, 4.69) is 151 Å². The smallest absolute Gasteiger partial charge is 0.282 e. The Hall–Kier alpha value is -6.76. The summed E-state index contributed by atoms with van der Waals surface area (Å²) >= 11 is 5.25. The number of carbonyl (C=O) groups excluding carboxylic acids is 9. The molecule has 0 bridgehead atoms. The molecule has 1 heterocycles. The number of allylic oxidation sites excluding steroid dienone is 10. The number of ketones is 9. The third-order valence-corrected chi connectivity index (χ3v) is 41.5. The van der Waals surface area contributed by atoms with E-state index >= 15 is 0 Å². The molecule has 22 atom stereocenters. The highest BCUT2D eigenvalue weighted by molar-refractivity contribution is 6.19. The van der Waals surface area contributed by atoms with Gasteiger partial charge in [0.1, 0.15) is 28.9 Å². The van der Waals surface area contributed by atoms with Crippen LogP contribution in [0, 0.1) is 112 Å². The first kappa shape index (κ1) is 115. The standard InChI is InChI=1S/2C19H27NO2.C19H28O3.C18H28O2.C17H24O2.C12H18O2.C7H10O2.C5H9ClO.C5H8O/c1-17(2)13-8-9-18(3)14(6-5-7-15(18)21)19(13,4)10-12-11-20-22-16(12)17;1-17(2)13-9-10-18(3)14(7-6-8-15(18)21)19(13,4)11-12(20-5)16(17)22;1-17(2)13-8-9-18(3)14(6-5-7-15(18)21)19(13,4)10-12(11-20)16(17)22;1-16(2)12-8-10-18(4)13(6-5-7-15(18)20)17(12,3)11-9-14(16)19;1-11-12-7-9-17(3)14(5-4-6-15(17)19)16(12,2)10-8-13(11)18;1-8-9-4-3-5-11(14)12(9,2)7-6-10(8)13;1-5-6(8)3-2-4-7(5)9;1-2-5(7)3-4-6;1-3-5(6)4-2/h6,11,13,15,21H,5,7-10H2,1-4H3;7,12-13,15,21H,6,8-11H2,1-4H3;6,11,13,15,20-21H,5,7-10H2,1-4H3;6,12,15,20H,5,7-11H2,1-4H3;5,15,19H,4,6-10H2,1-3H3;11,14H,3-7H2,1-2H3;5H,2-4H2,1H3;2-4H2,1H3;3H,1,4H2,2H3/b;;12-11-;;;;;;/t13-,15+,18+,19-;12?,13-,15+,18+,19-;13-,15+,18+,19-;12-,15+,17-,18+;15-,16+,17-;11-,12-;;;/m000011.../s1. The number of fused-ring (bicyclic) bond motifs is 17. The Kier molecular flexibility index (Phi) is 35.1. The van der Waals surface area contributed by atoms with Gasteiger partial charge in [0.2, 0.25) is 5.78 Å². The zero-order valence-electron chi connectivity index (χ0n) is 90.8. The number of alkyl halides is 1. The summed E-state index contributed by atoms with van der Waals surface area (Å²) in [5.41, 5.74) is 11.5. The first-order chi connectivity index (χ1) is 65.7. The molecule has 19 rings (SSSR count). The van der Waals surface area contributed by atoms with Gasteiger partial charge < -0.3 is 45.1 Å². The third kappa shape index (κ3) is 20.7. The first-order valence-electron chi connectivity index (χ1n) is 54.3. The van der Waals surface area contributed by atoms with Crippen LogP contribution < -0.4 is 0 Å². The Morgan fingerprint density at radius 1 is 0.461 bits per heavy atom. The Labute approximate surface area is 850 Å². The maximum Gasteiger partial charge on any atom is 0.282 e. The Morgan fingerprint density at radius 3 is 1.30 bits per heavy atom. The molecule has 0 radical (unpaired) electrons. The monoisotopic (exact) mass is 1970 g/mol. The van der Waals surface area contributed by atoms with Gasteiger partial charge in [-0.15, -0.1) is 11.6 Å². The molecule has 1 unspecified atom stereocenters. The summed E-state index contributed by atoms with van der Waals surface area (Å²) in [7, 11) is 0. The molecule has 1 aromatic heterocycles. The number of nitrogens with zero attached hydrogens (tertiary/aromatic N) is 2. The molecular weight excluding hydrogens is 1790 g/mol. The molecule has 0 aliphatic heterocycles. The molecule has 10 fully saturated rings. The normalized spacial score (nSPS) is 39.7. The summed E-state index contributed by atoms with van der Waals surface area (Å²) in [6.07, 6.45) is 47.3. The summed E-state index contributed by atoms with van der Waals surface area (Å²) in [4.78, 5) is 107. The van der Waals surface area contributed by atoms with Crippen molar-refractivity contribution in [3.63, 3.8) is 0 Å². The molecule has 18 aliphatic carbocycles. The van der Waals surface area contributed by atoms with Gasteiger partial charge in [0.15, 0.2) is 23.1 Å². The lowest BCUT2D eigenvalue weighted by Crippen LogP contribution is -2.59. The SMILES string of the molecule is C=CC(=O)CC.CC1(C)C(=O)/C(=C\O)C[C@]2(C)C3=CCC[C@@H](O)[C@]3(C)CC[C@@H]12.CC1(C)C(=O)CC[C@]2(C)C3=CCC[C@@H](O)[C@]3(C)CC[C@@H]12.CC1(C)c2oncc2C[C@]2(C)C3=CCC[C@@H](O)[C@]3(C)CC[C@@H]12.CC1=C2CCC[C@@H](O)[C@]2(C)CCC1=O.CC1=C2CC[C@]3(C)C(=CCC[C@H]3O)[C@@]2(C)CCC1=O.CC1C(=O)CCCC1=O.CCC(=O)CCCl.[C-]#[N+]C1C[C@]2(C)C3=CCC[C@@H](O)[C@]3(C)CC[C@H]2C(C)(C)C1=O. The van der Waals surface area contributed by atoms with Crippen molar-refractivity contribution in [1.82, 2.24) is 5.16 Å². The molecule has 7 N–H and O–H groups in total. The van der Waals surface area contributed by atoms with Crippen molar-refractivity contribution in [2.24, 2.45) is 105 Å². The van der Waals surface area contributed by atoms with Crippen LogP contribution in [0.2, 0.25) is 0 Å². The molecule has 18 aliphatic rings. The molecule has 0 amide bonds. The first-order valence-corrected chi connectivity index (χ1v) is 54.9. The number of aromatic nitrogens is 1. The number of halogens is 1. The summed E-state index contributed by atoms with van der Waals surface area (Å²) in [5, 5.41) is 76.6. The topological polar surface area (TPSA) is 326 Å². The molecule has 10 saturated carbocycles. The minimum atomic E-state index is -0.529. The second-order valence-corrected chi connectivity index (χ2v) is 51.2. The van der Waals surface area contributed by atoms with Crippen LogP contribution in [0.25, 0.3) is 4.85 Å². The largest absolute Gasteiger partial charge is 0.515 e. The van der Waals surface area contributed by atoms with E-state index in [4.69, 9.17) is 22.7 Å². The van der Waals surface area contributed by atoms with E-state index in [1.54, 1.807) is 6.92 Å². The summed E-state index contributed by atoms with van der Waals surface area (Å²) in [5.74, 6) is 4.58. The van der Waals surface area contributed by atoms with Gasteiger partial charge in [-0.1, -0.05) is 227 Å². The number of carbonyl (C=O) groups is 9. The quantitative estimate of drug-likeness (QED) is 0.0360. The second-order valence-electron chi connectivity index (χ2n) is 50.8. The van der Waals surface area contributed by atoms with Gasteiger partial charge in [0.25, 0.3) is 6.04 Å². The van der Waals surface area contributed by atoms with Crippen molar-refractivity contribution in [2.45, 2.75) is 458 Å². The fraction of sp³-hybridized carbons (Fsp3) is 0.744. The number of aliphatic hydroxyl groups is 7. The van der Waals surface area contributed by atoms with E-state index < -0.39 is 16.9 Å². The highest BCUT2D eigenvalue weighted by atomic mass is 35.5. The fourth-order valence-corrected chi connectivity index (χ4v) is 32.7. The predicted molar refractivity (Wildman–Crippen MR) is 558 cm³/mol. The van der Waals surface area contributed by atoms with Crippen LogP contribution in [0.4, 0.5) is 0 Å². The van der Waals surface area contributed by atoms with E-state index in [1.807, 2.05) is 61.6 Å². The third-order valence-electron chi connectivity index (χ3n) is 41.3. The Balaban J connectivity index is 0.000000155. The van der Waals surface area contributed by atoms with Gasteiger partial charge in [-0.3, -0.25) is 43.2 Å². The van der Waals surface area contributed by atoms with Crippen LogP contribution in [-0.2, 0) is 55.0 Å². The van der Waals surface area contributed by atoms with Crippen LogP contribution in [-0.4, -0.2) is 141 Å². The average molecular weight is 1970 g/mol. The van der Waals surface area contributed by atoms with E-state index in [-0.39, 0.29) is 165 Å². The Morgan fingerprint density at radius 2 is 0.865 bits per heavy atom. The van der Waals surface area contributed by atoms with Crippen molar-refractivity contribution in [1.29, 1.82) is 0 Å². The van der Waals surface area contributed by atoms with Crippen molar-refractivity contribution >= 4 is 63.7 Å². The average Bonchev–Trinajstić information content (AvgIpc) is 1.64. The number of rotatable bonds is 5. The second kappa shape index (κ2) is 43.2. The van der Waals surface area contributed by atoms with Crippen LogP contribution in [0.3, 0.4) is 0 Å². The molecule has 20 heteroatoms. The lowest BCUT2D eigenvalue weighted by molar-refractivity contribution is -0.144. The minimum Gasteiger partial charge on any atom is -0.515 e. The maximum absolute atomic E-state index is 12.7. The summed E-state index contributed by atoms with van der Waals surface area (Å²) in [6.45, 7) is 61.7. The molecular formula is C121H179ClN2O17. The molecule has 0 spiro atoms. The predicted octanol–water partition coefficient (Wildman–Crippen LogP) is 25.1. The van der Waals surface area contributed by atoms with E-state index in [0.717, 1.165) is 203 Å². The van der Waals surface area contributed by atoms with Gasteiger partial charge in [-0.25, -0.2) is 6.57 Å². The molecule has 141 heavy (non-hydrogen) atoms. The molecule has 1 aromatic rings. The fourth-order valence-electron chi connectivity index (χ4n) is 32.5. The van der Waals surface area contributed by atoms with Gasteiger partial charge >= 0.3 is 0 Å². The zero-order valence-corrected chi connectivity index (χ0v) is 91.6. The maximum atomic E-state index is 12.7. The van der Waals surface area contributed by atoms with Gasteiger partial charge in [0, 0.05) is 140 Å². The number of hydrogen-bond acceptors (Lipinski definition) is 18. The molecule has 19 nitrogen and oxygen atoms in total. The van der Waals surface area contributed by atoms with Gasteiger partial charge in [0.05, 0.1) is 55.0 Å². The highest BCUT2D eigenvalue weighted by Crippen LogP contribution is 2.71. The van der Waals surface area contributed by atoms with Crippen molar-refractivity contribution < 1.29 is 83.4 Å². The number of hydrogen-bond donors (Lipinski definition) is 7. The van der Waals surface area contributed by atoms with Crippen molar-refractivity contribution in [2.75, 3.05) is 5.88 Å². The van der Waals surface area contributed by atoms with Crippen LogP contribution >= 0.6 is 11.6 Å². The van der Waals surface area contributed by atoms with E-state index in [0.29, 0.717) is 99.1 Å². The van der Waals surface area contributed by atoms with Crippen LogP contribution in [0.5, 0.6) is 0 Å².